The summed E-state index contributed by atoms with van der Waals surface area (Å²) >= 11 is 0. The maximum absolute atomic E-state index is 8.65. The van der Waals surface area contributed by atoms with E-state index < -0.39 is 0 Å². The lowest BCUT2D eigenvalue weighted by atomic mass is 9.99. The minimum atomic E-state index is 0.227. The van der Waals surface area contributed by atoms with Gasteiger partial charge >= 0.3 is 0 Å². The van der Waals surface area contributed by atoms with Crippen LogP contribution in [0, 0.1) is 28.6 Å². The minimum Gasteiger partial charge on any atom is -0.192 e. The van der Waals surface area contributed by atoms with Crippen molar-refractivity contribution in [1.82, 2.24) is 0 Å². The van der Waals surface area contributed by atoms with Gasteiger partial charge in [0.15, 0.2) is 0 Å². The van der Waals surface area contributed by atoms with E-state index in [4.69, 9.17) is 10.5 Å². The highest BCUT2D eigenvalue weighted by Crippen LogP contribution is 2.15. The highest BCUT2D eigenvalue weighted by Gasteiger charge is 2.00. The predicted molar refractivity (Wildman–Crippen MR) is 84.7 cm³/mol. The Morgan fingerprint density at radius 2 is 1.65 bits per heavy atom. The van der Waals surface area contributed by atoms with Crippen molar-refractivity contribution >= 4 is 0 Å². The predicted octanol–water partition coefficient (Wildman–Crippen LogP) is 5.46. The summed E-state index contributed by atoms with van der Waals surface area (Å²) in [5.41, 5.74) is 3.05. The summed E-state index contributed by atoms with van der Waals surface area (Å²) in [6, 6.07) is 3.79. The molecule has 0 amide bonds. The molecule has 2 heteroatoms. The normalized spacial score (nSPS) is 12.0. The number of rotatable bonds is 8. The Labute approximate surface area is 124 Å². The van der Waals surface area contributed by atoms with Crippen LogP contribution in [0.2, 0.25) is 0 Å². The van der Waals surface area contributed by atoms with Crippen LogP contribution in [-0.4, -0.2) is 0 Å². The summed E-state index contributed by atoms with van der Waals surface area (Å²) in [6.45, 7) is 8.61. The van der Waals surface area contributed by atoms with Crippen molar-refractivity contribution in [3.8, 4) is 12.1 Å². The zero-order valence-corrected chi connectivity index (χ0v) is 13.2. The molecule has 0 radical (unpaired) electrons. The van der Waals surface area contributed by atoms with E-state index in [1.807, 2.05) is 12.1 Å². The SMILES string of the molecule is CC(C)=CCC/C(C)=C/CCC(C)CC=C(C#N)C#N. The first-order valence-electron chi connectivity index (χ1n) is 7.29. The molecule has 0 spiro atoms. The van der Waals surface area contributed by atoms with Gasteiger partial charge in [0.05, 0.1) is 0 Å². The summed E-state index contributed by atoms with van der Waals surface area (Å²) in [4.78, 5) is 0. The number of hydrogen-bond acceptors (Lipinski definition) is 2. The molecule has 0 N–H and O–H groups in total. The average Bonchev–Trinajstić information content (AvgIpc) is 2.39. The number of nitriles is 2. The van der Waals surface area contributed by atoms with Crippen molar-refractivity contribution in [1.29, 1.82) is 10.5 Å². The van der Waals surface area contributed by atoms with Crippen molar-refractivity contribution in [3.05, 3.63) is 34.9 Å². The molecule has 0 aliphatic heterocycles. The van der Waals surface area contributed by atoms with Crippen LogP contribution in [0.1, 0.15) is 59.8 Å². The Hall–Kier alpha value is -1.80. The van der Waals surface area contributed by atoms with Gasteiger partial charge in [-0.25, -0.2) is 0 Å². The van der Waals surface area contributed by atoms with Gasteiger partial charge in [0, 0.05) is 0 Å². The molecule has 0 rings (SSSR count). The second kappa shape index (κ2) is 11.1. The fourth-order valence-electron chi connectivity index (χ4n) is 1.86. The average molecular weight is 270 g/mol. The lowest BCUT2D eigenvalue weighted by Gasteiger charge is -2.07. The topological polar surface area (TPSA) is 47.6 Å². The largest absolute Gasteiger partial charge is 0.192 e. The molecular weight excluding hydrogens is 244 g/mol. The number of hydrogen-bond donors (Lipinski definition) is 0. The molecule has 0 fully saturated rings. The first-order chi connectivity index (χ1) is 9.49. The molecule has 0 bridgehead atoms. The van der Waals surface area contributed by atoms with Crippen LogP contribution >= 0.6 is 0 Å². The molecule has 0 heterocycles. The van der Waals surface area contributed by atoms with E-state index in [0.29, 0.717) is 5.92 Å². The van der Waals surface area contributed by atoms with E-state index >= 15 is 0 Å². The standard InChI is InChI=1S/C18H26N2/c1-15(2)7-5-8-16(3)9-6-10-17(4)11-12-18(13-19)14-20/h7,9,12,17H,5-6,8,10-11H2,1-4H3/b16-9+. The van der Waals surface area contributed by atoms with Gasteiger partial charge in [-0.2, -0.15) is 10.5 Å². The summed E-state index contributed by atoms with van der Waals surface area (Å²) in [6.07, 6.45) is 11.6. The first kappa shape index (κ1) is 18.2. The highest BCUT2D eigenvalue weighted by atomic mass is 14.3. The third-order valence-corrected chi connectivity index (χ3v) is 3.21. The molecule has 0 aromatic carbocycles. The molecule has 0 saturated heterocycles. The lowest BCUT2D eigenvalue weighted by molar-refractivity contribution is 0.545. The quantitative estimate of drug-likeness (QED) is 0.434. The van der Waals surface area contributed by atoms with E-state index in [2.05, 4.69) is 39.8 Å². The molecular formula is C18H26N2. The first-order valence-corrected chi connectivity index (χ1v) is 7.29. The molecule has 0 aliphatic carbocycles. The summed E-state index contributed by atoms with van der Waals surface area (Å²) in [7, 11) is 0. The molecule has 2 nitrogen and oxygen atoms in total. The maximum atomic E-state index is 8.65. The number of nitrogens with zero attached hydrogens (tertiary/aromatic N) is 2. The third-order valence-electron chi connectivity index (χ3n) is 3.21. The summed E-state index contributed by atoms with van der Waals surface area (Å²) in [5, 5.41) is 17.3. The van der Waals surface area contributed by atoms with Gasteiger partial charge in [0.25, 0.3) is 0 Å². The van der Waals surface area contributed by atoms with Crippen molar-refractivity contribution < 1.29 is 0 Å². The van der Waals surface area contributed by atoms with Gasteiger partial charge in [-0.15, -0.1) is 0 Å². The van der Waals surface area contributed by atoms with Gasteiger partial charge in [0.2, 0.25) is 0 Å². The Morgan fingerprint density at radius 1 is 1.00 bits per heavy atom. The molecule has 0 saturated carbocycles. The van der Waals surface area contributed by atoms with E-state index in [9.17, 15) is 0 Å². The molecule has 1 atom stereocenters. The van der Waals surface area contributed by atoms with Crippen LogP contribution < -0.4 is 0 Å². The molecule has 0 aromatic heterocycles. The van der Waals surface area contributed by atoms with Crippen LogP contribution in [0.15, 0.2) is 34.9 Å². The monoisotopic (exact) mass is 270 g/mol. The van der Waals surface area contributed by atoms with Crippen molar-refractivity contribution in [3.63, 3.8) is 0 Å². The summed E-state index contributed by atoms with van der Waals surface area (Å²) < 4.78 is 0. The van der Waals surface area contributed by atoms with Gasteiger partial charge in [0.1, 0.15) is 17.7 Å². The van der Waals surface area contributed by atoms with E-state index in [1.165, 1.54) is 11.1 Å². The second-order valence-corrected chi connectivity index (χ2v) is 5.63. The molecule has 1 unspecified atom stereocenters. The fourth-order valence-corrected chi connectivity index (χ4v) is 1.86. The minimum absolute atomic E-state index is 0.227. The Kier molecular flexibility index (Phi) is 10.1. The van der Waals surface area contributed by atoms with E-state index in [1.54, 1.807) is 6.08 Å². The zero-order valence-electron chi connectivity index (χ0n) is 13.2. The zero-order chi connectivity index (χ0) is 15.4. The lowest BCUT2D eigenvalue weighted by Crippen LogP contribution is -1.92. The van der Waals surface area contributed by atoms with E-state index in [0.717, 1.165) is 32.1 Å². The van der Waals surface area contributed by atoms with Crippen LogP contribution in [0.4, 0.5) is 0 Å². The van der Waals surface area contributed by atoms with Crippen LogP contribution in [0.3, 0.4) is 0 Å². The smallest absolute Gasteiger partial charge is 0.125 e. The maximum Gasteiger partial charge on any atom is 0.125 e. The van der Waals surface area contributed by atoms with Gasteiger partial charge in [-0.3, -0.25) is 0 Å². The van der Waals surface area contributed by atoms with Gasteiger partial charge in [-0.05, 0) is 58.8 Å². The summed E-state index contributed by atoms with van der Waals surface area (Å²) in [5.74, 6) is 0.508. The fraction of sp³-hybridized carbons (Fsp3) is 0.556. The van der Waals surface area contributed by atoms with Crippen LogP contribution in [0.5, 0.6) is 0 Å². The van der Waals surface area contributed by atoms with Crippen LogP contribution in [0.25, 0.3) is 0 Å². The Morgan fingerprint density at radius 3 is 2.20 bits per heavy atom. The Bertz CT molecular complexity index is 433. The van der Waals surface area contributed by atoms with Gasteiger partial charge in [-0.1, -0.05) is 36.3 Å². The second-order valence-electron chi connectivity index (χ2n) is 5.63. The third kappa shape index (κ3) is 10.2. The highest BCUT2D eigenvalue weighted by molar-refractivity contribution is 5.34. The molecule has 20 heavy (non-hydrogen) atoms. The Balaban J connectivity index is 3.99. The molecule has 0 aromatic rings. The molecule has 108 valence electrons. The van der Waals surface area contributed by atoms with Gasteiger partial charge < -0.3 is 0 Å². The van der Waals surface area contributed by atoms with Crippen molar-refractivity contribution in [2.45, 2.75) is 59.8 Å². The number of allylic oxidation sites excluding steroid dienone is 6. The van der Waals surface area contributed by atoms with E-state index in [-0.39, 0.29) is 5.57 Å². The van der Waals surface area contributed by atoms with Crippen molar-refractivity contribution in [2.24, 2.45) is 5.92 Å². The van der Waals surface area contributed by atoms with Crippen LogP contribution in [-0.2, 0) is 0 Å². The molecule has 0 aliphatic rings. The van der Waals surface area contributed by atoms with Crippen molar-refractivity contribution in [2.75, 3.05) is 0 Å².